The first-order valence-corrected chi connectivity index (χ1v) is 6.42. The molecule has 0 saturated carbocycles. The number of nitrogens with one attached hydrogen (secondary N) is 1. The normalized spacial score (nSPS) is 9.95. The van der Waals surface area contributed by atoms with E-state index >= 15 is 0 Å². The molecule has 0 atom stereocenters. The van der Waals surface area contributed by atoms with Gasteiger partial charge >= 0.3 is 0 Å². The molecule has 1 N–H and O–H groups in total. The average molecular weight is 305 g/mol. The number of carboxylic acids is 1. The second-order valence-electron chi connectivity index (χ2n) is 4.16. The summed E-state index contributed by atoms with van der Waals surface area (Å²) >= 11 is 5.73. The maximum absolute atomic E-state index is 11.7. The zero-order valence-electron chi connectivity index (χ0n) is 10.8. The summed E-state index contributed by atoms with van der Waals surface area (Å²) in [5.74, 6) is -1.19. The van der Waals surface area contributed by atoms with Crippen LogP contribution in [0.5, 0.6) is 5.75 Å². The average Bonchev–Trinajstić information content (AvgIpc) is 2.47. The van der Waals surface area contributed by atoms with Gasteiger partial charge in [-0.2, -0.15) is 0 Å². The highest BCUT2D eigenvalue weighted by atomic mass is 35.5. The van der Waals surface area contributed by atoms with Gasteiger partial charge in [-0.3, -0.25) is 4.79 Å². The SMILES string of the molecule is O=C(COc1ccc(Cl)cc1)Nc1cccc(C(=O)[O-])c1. The van der Waals surface area contributed by atoms with Crippen molar-refractivity contribution in [3.8, 4) is 5.75 Å². The van der Waals surface area contributed by atoms with Gasteiger partial charge in [0.05, 0.1) is 5.97 Å². The summed E-state index contributed by atoms with van der Waals surface area (Å²) in [6.45, 7) is -0.197. The lowest BCUT2D eigenvalue weighted by Crippen LogP contribution is -2.23. The van der Waals surface area contributed by atoms with Crippen LogP contribution in [0.25, 0.3) is 0 Å². The second kappa shape index (κ2) is 6.76. The number of anilines is 1. The first-order chi connectivity index (χ1) is 10.0. The molecule has 0 aromatic heterocycles. The number of halogens is 1. The Morgan fingerprint density at radius 2 is 1.86 bits per heavy atom. The quantitative estimate of drug-likeness (QED) is 0.912. The molecule has 0 aliphatic carbocycles. The lowest BCUT2D eigenvalue weighted by atomic mass is 10.2. The van der Waals surface area contributed by atoms with Crippen molar-refractivity contribution >= 4 is 29.2 Å². The van der Waals surface area contributed by atoms with Gasteiger partial charge in [0.15, 0.2) is 6.61 Å². The maximum atomic E-state index is 11.7. The largest absolute Gasteiger partial charge is 0.545 e. The standard InChI is InChI=1S/C15H12ClNO4/c16-11-4-6-13(7-5-11)21-9-14(18)17-12-3-1-2-10(8-12)15(19)20/h1-8H,9H2,(H,17,18)(H,19,20)/p-1. The fraction of sp³-hybridized carbons (Fsp3) is 0.0667. The van der Waals surface area contributed by atoms with Gasteiger partial charge in [-0.1, -0.05) is 23.7 Å². The van der Waals surface area contributed by atoms with Gasteiger partial charge in [-0.05, 0) is 42.0 Å². The van der Waals surface area contributed by atoms with Gasteiger partial charge < -0.3 is 20.0 Å². The first-order valence-electron chi connectivity index (χ1n) is 6.04. The summed E-state index contributed by atoms with van der Waals surface area (Å²) in [5.41, 5.74) is 0.354. The van der Waals surface area contributed by atoms with Crippen LogP contribution in [0.4, 0.5) is 5.69 Å². The van der Waals surface area contributed by atoms with E-state index in [9.17, 15) is 14.7 Å². The number of rotatable bonds is 5. The third kappa shape index (κ3) is 4.50. The van der Waals surface area contributed by atoms with Crippen LogP contribution < -0.4 is 15.2 Å². The molecule has 2 rings (SSSR count). The molecule has 0 fully saturated rings. The van der Waals surface area contributed by atoms with Crippen LogP contribution in [0.2, 0.25) is 5.02 Å². The number of ether oxygens (including phenoxy) is 1. The lowest BCUT2D eigenvalue weighted by Gasteiger charge is -2.09. The number of aromatic carboxylic acids is 1. The first kappa shape index (κ1) is 14.9. The molecule has 0 radical (unpaired) electrons. The molecule has 5 nitrogen and oxygen atoms in total. The number of carboxylic acid groups (broad SMARTS) is 1. The number of carbonyl (C=O) groups is 2. The van der Waals surface area contributed by atoms with E-state index < -0.39 is 11.9 Å². The molecule has 108 valence electrons. The Kier molecular flexibility index (Phi) is 4.79. The summed E-state index contributed by atoms with van der Waals surface area (Å²) in [5, 5.41) is 13.8. The molecular weight excluding hydrogens is 294 g/mol. The topological polar surface area (TPSA) is 78.5 Å². The fourth-order valence-electron chi connectivity index (χ4n) is 1.60. The maximum Gasteiger partial charge on any atom is 0.262 e. The Balaban J connectivity index is 1.91. The number of hydrogen-bond acceptors (Lipinski definition) is 4. The van der Waals surface area contributed by atoms with Crippen molar-refractivity contribution in [3.63, 3.8) is 0 Å². The summed E-state index contributed by atoms with van der Waals surface area (Å²) in [7, 11) is 0. The Labute approximate surface area is 126 Å². The minimum absolute atomic E-state index is 0.00794. The molecule has 0 aliphatic rings. The molecule has 2 aromatic rings. The van der Waals surface area contributed by atoms with Gasteiger partial charge in [-0.25, -0.2) is 0 Å². The zero-order valence-corrected chi connectivity index (χ0v) is 11.6. The Bertz CT molecular complexity index is 655. The van der Waals surface area contributed by atoms with Crippen LogP contribution in [0.3, 0.4) is 0 Å². The van der Waals surface area contributed by atoms with Crippen molar-refractivity contribution in [1.82, 2.24) is 0 Å². The Hall–Kier alpha value is -2.53. The monoisotopic (exact) mass is 304 g/mol. The highest BCUT2D eigenvalue weighted by Crippen LogP contribution is 2.15. The third-order valence-electron chi connectivity index (χ3n) is 2.57. The Morgan fingerprint density at radius 3 is 2.52 bits per heavy atom. The molecule has 1 amide bonds. The van der Waals surface area contributed by atoms with Crippen LogP contribution in [0, 0.1) is 0 Å². The Morgan fingerprint density at radius 1 is 1.14 bits per heavy atom. The van der Waals surface area contributed by atoms with Crippen LogP contribution in [-0.4, -0.2) is 18.5 Å². The van der Waals surface area contributed by atoms with Crippen molar-refractivity contribution in [3.05, 3.63) is 59.1 Å². The molecule has 6 heteroatoms. The van der Waals surface area contributed by atoms with E-state index in [1.165, 1.54) is 18.2 Å². The summed E-state index contributed by atoms with van der Waals surface area (Å²) < 4.78 is 5.27. The summed E-state index contributed by atoms with van der Waals surface area (Å²) in [4.78, 5) is 22.4. The molecule has 0 bridgehead atoms. The number of hydrogen-bond donors (Lipinski definition) is 1. The molecule has 0 heterocycles. The van der Waals surface area contributed by atoms with E-state index in [0.717, 1.165) is 0 Å². The van der Waals surface area contributed by atoms with E-state index in [-0.39, 0.29) is 12.2 Å². The number of carbonyl (C=O) groups excluding carboxylic acids is 2. The van der Waals surface area contributed by atoms with Gasteiger partial charge in [0.1, 0.15) is 5.75 Å². The van der Waals surface area contributed by atoms with Crippen LogP contribution in [-0.2, 0) is 4.79 Å². The van der Waals surface area contributed by atoms with Crippen LogP contribution in [0.1, 0.15) is 10.4 Å². The molecule has 0 aliphatic heterocycles. The molecular formula is C15H11ClNO4-. The number of amides is 1. The predicted octanol–water partition coefficient (Wildman–Crippen LogP) is 1.72. The molecule has 2 aromatic carbocycles. The van der Waals surface area contributed by atoms with Crippen molar-refractivity contribution in [1.29, 1.82) is 0 Å². The smallest absolute Gasteiger partial charge is 0.262 e. The minimum Gasteiger partial charge on any atom is -0.545 e. The van der Waals surface area contributed by atoms with E-state index in [4.69, 9.17) is 16.3 Å². The lowest BCUT2D eigenvalue weighted by molar-refractivity contribution is -0.255. The van der Waals surface area contributed by atoms with E-state index in [2.05, 4.69) is 5.32 Å². The highest BCUT2D eigenvalue weighted by molar-refractivity contribution is 6.30. The zero-order chi connectivity index (χ0) is 15.2. The molecule has 21 heavy (non-hydrogen) atoms. The van der Waals surface area contributed by atoms with Crippen LogP contribution in [0.15, 0.2) is 48.5 Å². The second-order valence-corrected chi connectivity index (χ2v) is 4.60. The van der Waals surface area contributed by atoms with E-state index in [1.54, 1.807) is 30.3 Å². The van der Waals surface area contributed by atoms with E-state index in [1.807, 2.05) is 0 Å². The molecule has 0 unspecified atom stereocenters. The van der Waals surface area contributed by atoms with Gasteiger partial charge in [-0.15, -0.1) is 0 Å². The number of benzene rings is 2. The van der Waals surface area contributed by atoms with Crippen molar-refractivity contribution in [2.45, 2.75) is 0 Å². The van der Waals surface area contributed by atoms with Gasteiger partial charge in [0.2, 0.25) is 0 Å². The van der Waals surface area contributed by atoms with Crippen LogP contribution >= 0.6 is 11.6 Å². The highest BCUT2D eigenvalue weighted by Gasteiger charge is 2.04. The third-order valence-corrected chi connectivity index (χ3v) is 2.82. The summed E-state index contributed by atoms with van der Waals surface area (Å²) in [6, 6.07) is 12.4. The fourth-order valence-corrected chi connectivity index (χ4v) is 1.73. The van der Waals surface area contributed by atoms with Crippen molar-refractivity contribution in [2.24, 2.45) is 0 Å². The molecule has 0 spiro atoms. The van der Waals surface area contributed by atoms with Gasteiger partial charge in [0.25, 0.3) is 5.91 Å². The predicted molar refractivity (Wildman–Crippen MR) is 76.3 cm³/mol. The van der Waals surface area contributed by atoms with Crippen molar-refractivity contribution < 1.29 is 19.4 Å². The molecule has 0 saturated heterocycles. The van der Waals surface area contributed by atoms with Crippen molar-refractivity contribution in [2.75, 3.05) is 11.9 Å². The van der Waals surface area contributed by atoms with Gasteiger partial charge in [0, 0.05) is 10.7 Å². The summed E-state index contributed by atoms with van der Waals surface area (Å²) in [6.07, 6.45) is 0. The van der Waals surface area contributed by atoms with E-state index in [0.29, 0.717) is 16.5 Å². The minimum atomic E-state index is -1.30.